The van der Waals surface area contributed by atoms with E-state index in [-0.39, 0.29) is 29.5 Å². The molecule has 0 atom stereocenters. The number of sulfonamides is 1. The molecule has 0 aliphatic carbocycles. The maximum absolute atomic E-state index is 12.5. The summed E-state index contributed by atoms with van der Waals surface area (Å²) in [5, 5.41) is 2.44. The Morgan fingerprint density at radius 2 is 2.00 bits per heavy atom. The number of carbonyl (C=O) groups excluding carboxylic acids is 1. The molecule has 0 aromatic heterocycles. The number of nitrogens with one attached hydrogen (secondary N) is 1. The lowest BCUT2D eigenvalue weighted by Crippen LogP contribution is -2.32. The third-order valence-electron chi connectivity index (χ3n) is 2.64. The van der Waals surface area contributed by atoms with Gasteiger partial charge in [-0.1, -0.05) is 15.9 Å². The molecule has 0 radical (unpaired) electrons. The van der Waals surface area contributed by atoms with Crippen LogP contribution in [0.3, 0.4) is 0 Å². The Morgan fingerprint density at radius 1 is 1.40 bits per heavy atom. The molecule has 0 aliphatic heterocycles. The molecule has 6 nitrogen and oxygen atoms in total. The molecule has 3 N–H and O–H groups in total. The maximum atomic E-state index is 12.5. The summed E-state index contributed by atoms with van der Waals surface area (Å²) >= 11 is 6.44. The number of nitrogens with two attached hydrogens (primary N) is 1. The normalized spacial score (nSPS) is 11.7. The summed E-state index contributed by atoms with van der Waals surface area (Å²) < 4.78 is 27.1. The summed E-state index contributed by atoms with van der Waals surface area (Å²) in [5.74, 6) is -0.227. The number of nitrogens with zero attached hydrogens (tertiary/aromatic N) is 1. The molecule has 0 bridgehead atoms. The van der Waals surface area contributed by atoms with Gasteiger partial charge in [-0.15, -0.1) is 0 Å². The number of amides is 1. The highest BCUT2D eigenvalue weighted by atomic mass is 79.9. The Kier molecular flexibility index (Phi) is 5.99. The molecule has 0 unspecified atom stereocenters. The number of halogens is 2. The van der Waals surface area contributed by atoms with Crippen LogP contribution in [0.5, 0.6) is 0 Å². The highest BCUT2D eigenvalue weighted by Gasteiger charge is 2.26. The summed E-state index contributed by atoms with van der Waals surface area (Å²) in [6.45, 7) is 0.0734. The molecular formula is C11H15Br2N3O3S. The smallest absolute Gasteiger partial charge is 0.246 e. The van der Waals surface area contributed by atoms with Crippen LogP contribution in [-0.4, -0.2) is 39.3 Å². The number of carbonyl (C=O) groups is 1. The quantitative estimate of drug-likeness (QED) is 0.696. The van der Waals surface area contributed by atoms with Crippen molar-refractivity contribution in [3.63, 3.8) is 0 Å². The molecular weight excluding hydrogens is 414 g/mol. The Hall–Kier alpha value is -0.640. The second kappa shape index (κ2) is 6.88. The van der Waals surface area contributed by atoms with Gasteiger partial charge in [-0.05, 0) is 28.1 Å². The van der Waals surface area contributed by atoms with Crippen molar-refractivity contribution in [3.8, 4) is 0 Å². The number of anilines is 1. The van der Waals surface area contributed by atoms with Crippen molar-refractivity contribution in [1.82, 2.24) is 9.62 Å². The molecule has 0 saturated heterocycles. The van der Waals surface area contributed by atoms with Crippen LogP contribution >= 0.6 is 31.9 Å². The predicted molar refractivity (Wildman–Crippen MR) is 84.8 cm³/mol. The van der Waals surface area contributed by atoms with E-state index in [0.29, 0.717) is 8.95 Å². The van der Waals surface area contributed by atoms with Crippen LogP contribution in [0.2, 0.25) is 0 Å². The van der Waals surface area contributed by atoms with Crippen LogP contribution in [0.25, 0.3) is 0 Å². The average molecular weight is 429 g/mol. The van der Waals surface area contributed by atoms with Gasteiger partial charge in [-0.3, -0.25) is 4.79 Å². The largest absolute Gasteiger partial charge is 0.398 e. The Labute approximate surface area is 135 Å². The van der Waals surface area contributed by atoms with Gasteiger partial charge in [-0.2, -0.15) is 0 Å². The minimum absolute atomic E-state index is 0.0000987. The van der Waals surface area contributed by atoms with E-state index in [2.05, 4.69) is 37.2 Å². The van der Waals surface area contributed by atoms with Crippen LogP contribution in [-0.2, 0) is 14.8 Å². The molecule has 9 heteroatoms. The zero-order valence-corrected chi connectivity index (χ0v) is 15.0. The first-order valence-electron chi connectivity index (χ1n) is 5.61. The number of hydrogen-bond acceptors (Lipinski definition) is 4. The Bertz CT molecular complexity index is 596. The first-order valence-corrected chi connectivity index (χ1v) is 8.64. The fraction of sp³-hybridized carbons (Fsp3) is 0.364. The highest BCUT2D eigenvalue weighted by Crippen LogP contribution is 2.33. The summed E-state index contributed by atoms with van der Waals surface area (Å²) in [7, 11) is -0.851. The molecule has 1 aromatic carbocycles. The number of benzene rings is 1. The topological polar surface area (TPSA) is 92.5 Å². The van der Waals surface area contributed by atoms with E-state index in [0.717, 1.165) is 4.31 Å². The fourth-order valence-electron chi connectivity index (χ4n) is 1.51. The summed E-state index contributed by atoms with van der Waals surface area (Å²) in [6, 6.07) is 3.13. The first-order chi connectivity index (χ1) is 9.20. The third kappa shape index (κ3) is 3.94. The lowest BCUT2D eigenvalue weighted by molar-refractivity contribution is -0.120. The predicted octanol–water partition coefficient (Wildman–Crippen LogP) is 1.55. The maximum Gasteiger partial charge on any atom is 0.246 e. The standard InChI is InChI=1S/C11H15Br2N3O3S/c1-15-10(17)3-4-16(2)20(18,19)11-8(13)5-7(12)6-9(11)14/h5-6H,3-4,14H2,1-2H3,(H,15,17). The first kappa shape index (κ1) is 17.4. The molecule has 1 amide bonds. The van der Waals surface area contributed by atoms with Gasteiger partial charge in [0, 0.05) is 36.0 Å². The van der Waals surface area contributed by atoms with Crippen molar-refractivity contribution in [2.45, 2.75) is 11.3 Å². The zero-order chi connectivity index (χ0) is 15.5. The van der Waals surface area contributed by atoms with Crippen molar-refractivity contribution in [2.24, 2.45) is 0 Å². The van der Waals surface area contributed by atoms with Crippen molar-refractivity contribution in [3.05, 3.63) is 21.1 Å². The zero-order valence-electron chi connectivity index (χ0n) is 11.0. The van der Waals surface area contributed by atoms with E-state index < -0.39 is 10.0 Å². The van der Waals surface area contributed by atoms with Crippen LogP contribution in [0.15, 0.2) is 26.0 Å². The SMILES string of the molecule is CNC(=O)CCN(C)S(=O)(=O)c1c(N)cc(Br)cc1Br. The van der Waals surface area contributed by atoms with E-state index in [4.69, 9.17) is 5.73 Å². The summed E-state index contributed by atoms with van der Waals surface area (Å²) in [5.41, 5.74) is 5.92. The van der Waals surface area contributed by atoms with E-state index in [1.807, 2.05) is 0 Å². The van der Waals surface area contributed by atoms with Crippen LogP contribution < -0.4 is 11.1 Å². The Balaban J connectivity index is 3.08. The van der Waals surface area contributed by atoms with Crippen LogP contribution in [0.4, 0.5) is 5.69 Å². The van der Waals surface area contributed by atoms with Crippen LogP contribution in [0, 0.1) is 0 Å². The molecule has 0 spiro atoms. The molecule has 0 fully saturated rings. The molecule has 1 rings (SSSR count). The number of nitrogen functional groups attached to an aromatic ring is 1. The number of rotatable bonds is 5. The number of hydrogen-bond donors (Lipinski definition) is 2. The van der Waals surface area contributed by atoms with Crippen molar-refractivity contribution >= 4 is 53.5 Å². The van der Waals surface area contributed by atoms with Crippen molar-refractivity contribution < 1.29 is 13.2 Å². The minimum Gasteiger partial charge on any atom is -0.398 e. The van der Waals surface area contributed by atoms with Gasteiger partial charge in [-0.25, -0.2) is 12.7 Å². The lowest BCUT2D eigenvalue weighted by atomic mass is 10.3. The second-order valence-corrected chi connectivity index (χ2v) is 7.81. The van der Waals surface area contributed by atoms with Crippen molar-refractivity contribution in [2.75, 3.05) is 26.4 Å². The molecule has 20 heavy (non-hydrogen) atoms. The molecule has 0 saturated carbocycles. The van der Waals surface area contributed by atoms with Crippen molar-refractivity contribution in [1.29, 1.82) is 0 Å². The van der Waals surface area contributed by atoms with E-state index >= 15 is 0 Å². The fourth-order valence-corrected chi connectivity index (χ4v) is 4.69. The van der Waals surface area contributed by atoms with Gasteiger partial charge in [0.15, 0.2) is 0 Å². The minimum atomic E-state index is -3.76. The van der Waals surface area contributed by atoms with Gasteiger partial charge in [0.25, 0.3) is 0 Å². The lowest BCUT2D eigenvalue weighted by Gasteiger charge is -2.19. The third-order valence-corrected chi connectivity index (χ3v) is 5.96. The van der Waals surface area contributed by atoms with Crippen LogP contribution in [0.1, 0.15) is 6.42 Å². The van der Waals surface area contributed by atoms with E-state index in [9.17, 15) is 13.2 Å². The van der Waals surface area contributed by atoms with Gasteiger partial charge >= 0.3 is 0 Å². The summed E-state index contributed by atoms with van der Waals surface area (Å²) in [4.78, 5) is 11.2. The molecule has 1 aromatic rings. The van der Waals surface area contributed by atoms with Gasteiger partial charge < -0.3 is 11.1 Å². The summed E-state index contributed by atoms with van der Waals surface area (Å²) in [6.07, 6.45) is 0.0836. The highest BCUT2D eigenvalue weighted by molar-refractivity contribution is 9.11. The van der Waals surface area contributed by atoms with E-state index in [1.54, 1.807) is 6.07 Å². The molecule has 112 valence electrons. The second-order valence-electron chi connectivity index (χ2n) is 4.06. The van der Waals surface area contributed by atoms with Gasteiger partial charge in [0.1, 0.15) is 4.90 Å². The molecule has 0 heterocycles. The monoisotopic (exact) mass is 427 g/mol. The van der Waals surface area contributed by atoms with E-state index in [1.165, 1.54) is 20.2 Å². The van der Waals surface area contributed by atoms with Gasteiger partial charge in [0.2, 0.25) is 15.9 Å². The molecule has 0 aliphatic rings. The Morgan fingerprint density at radius 3 is 2.50 bits per heavy atom. The average Bonchev–Trinajstić information content (AvgIpc) is 2.33. The van der Waals surface area contributed by atoms with Gasteiger partial charge in [0.05, 0.1) is 5.69 Å².